The van der Waals surface area contributed by atoms with Crippen molar-refractivity contribution in [3.8, 4) is 5.75 Å². The molecule has 0 saturated carbocycles. The quantitative estimate of drug-likeness (QED) is 0.789. The second-order valence-electron chi connectivity index (χ2n) is 5.44. The number of aryl methyl sites for hydroxylation is 1. The highest BCUT2D eigenvalue weighted by molar-refractivity contribution is 6.32. The number of benzene rings is 1. The number of rotatable bonds is 8. The summed E-state index contributed by atoms with van der Waals surface area (Å²) in [5.74, 6) is 0.348. The first kappa shape index (κ1) is 18.2. The van der Waals surface area contributed by atoms with E-state index in [-0.39, 0.29) is 11.4 Å². The smallest absolute Gasteiger partial charge is 0.225 e. The molecule has 130 valence electrons. The van der Waals surface area contributed by atoms with E-state index in [4.69, 9.17) is 22.1 Å². The number of nitrogens with two attached hydrogens (primary N) is 1. The van der Waals surface area contributed by atoms with Gasteiger partial charge in [-0.1, -0.05) is 24.9 Å². The van der Waals surface area contributed by atoms with Gasteiger partial charge in [-0.05, 0) is 31.5 Å². The highest BCUT2D eigenvalue weighted by Gasteiger charge is 2.19. The van der Waals surface area contributed by atoms with E-state index in [1.807, 2.05) is 0 Å². The number of hydrogen-bond donors (Lipinski definition) is 1. The van der Waals surface area contributed by atoms with Crippen molar-refractivity contribution in [1.29, 1.82) is 0 Å². The van der Waals surface area contributed by atoms with Crippen molar-refractivity contribution in [3.05, 3.63) is 40.7 Å². The van der Waals surface area contributed by atoms with Crippen molar-refractivity contribution in [3.63, 3.8) is 0 Å². The molecule has 2 rings (SSSR count). The van der Waals surface area contributed by atoms with Gasteiger partial charge in [0.25, 0.3) is 0 Å². The molecule has 1 aromatic carbocycles. The fourth-order valence-electron chi connectivity index (χ4n) is 2.22. The molecule has 0 spiro atoms. The molecule has 0 aliphatic carbocycles. The van der Waals surface area contributed by atoms with Gasteiger partial charge >= 0.3 is 0 Å². The number of carbonyl (C=O) groups is 1. The van der Waals surface area contributed by atoms with Crippen LogP contribution in [0.5, 0.6) is 5.75 Å². The van der Waals surface area contributed by atoms with Crippen LogP contribution >= 0.6 is 11.6 Å². The van der Waals surface area contributed by atoms with Crippen LogP contribution in [0.3, 0.4) is 0 Å². The standard InChI is InChI=1S/C16H20ClFN4O2/c1-3-4-7-22-16(20-15(21-22)9-14(19)23)10(2)24-13-6-5-11(18)8-12(13)17/h5-6,8,10H,3-4,7,9H2,1-2H3,(H2,19,23). The molecule has 6 nitrogen and oxygen atoms in total. The van der Waals surface area contributed by atoms with Crippen LogP contribution in [0.4, 0.5) is 4.39 Å². The highest BCUT2D eigenvalue weighted by Crippen LogP contribution is 2.29. The van der Waals surface area contributed by atoms with Crippen molar-refractivity contribution in [2.45, 2.75) is 45.8 Å². The van der Waals surface area contributed by atoms with Crippen molar-refractivity contribution >= 4 is 17.5 Å². The Hall–Kier alpha value is -2.15. The molecule has 0 aliphatic rings. The Morgan fingerprint density at radius 2 is 2.25 bits per heavy atom. The van der Waals surface area contributed by atoms with Gasteiger partial charge in [0.2, 0.25) is 5.91 Å². The fourth-order valence-corrected chi connectivity index (χ4v) is 2.43. The van der Waals surface area contributed by atoms with Crippen LogP contribution < -0.4 is 10.5 Å². The number of unbranched alkanes of at least 4 members (excludes halogenated alkanes) is 1. The molecule has 1 unspecified atom stereocenters. The summed E-state index contributed by atoms with van der Waals surface area (Å²) in [6.07, 6.45) is 1.40. The fraction of sp³-hybridized carbons (Fsp3) is 0.438. The zero-order valence-corrected chi connectivity index (χ0v) is 14.4. The van der Waals surface area contributed by atoms with Gasteiger partial charge in [-0.15, -0.1) is 0 Å². The maximum atomic E-state index is 13.1. The predicted molar refractivity (Wildman–Crippen MR) is 88.3 cm³/mol. The molecule has 0 aliphatic heterocycles. The Bertz CT molecular complexity index is 720. The van der Waals surface area contributed by atoms with Gasteiger partial charge in [-0.3, -0.25) is 4.79 Å². The molecule has 2 N–H and O–H groups in total. The van der Waals surface area contributed by atoms with E-state index in [1.54, 1.807) is 11.6 Å². The van der Waals surface area contributed by atoms with Gasteiger partial charge in [0.1, 0.15) is 11.6 Å². The lowest BCUT2D eigenvalue weighted by molar-refractivity contribution is -0.117. The number of aromatic nitrogens is 3. The van der Waals surface area contributed by atoms with Gasteiger partial charge in [0, 0.05) is 6.54 Å². The summed E-state index contributed by atoms with van der Waals surface area (Å²) in [4.78, 5) is 15.4. The summed E-state index contributed by atoms with van der Waals surface area (Å²) in [7, 11) is 0. The molecule has 2 aromatic rings. The molecule has 0 fully saturated rings. The largest absolute Gasteiger partial charge is 0.481 e. The van der Waals surface area contributed by atoms with E-state index in [2.05, 4.69) is 17.0 Å². The molecule has 0 bridgehead atoms. The second kappa shape index (κ2) is 8.10. The molecule has 1 aromatic heterocycles. The normalized spacial score (nSPS) is 12.2. The van der Waals surface area contributed by atoms with Gasteiger partial charge in [0.15, 0.2) is 17.8 Å². The van der Waals surface area contributed by atoms with Crippen LogP contribution in [0.1, 0.15) is 44.4 Å². The van der Waals surface area contributed by atoms with E-state index in [0.29, 0.717) is 23.9 Å². The highest BCUT2D eigenvalue weighted by atomic mass is 35.5. The summed E-state index contributed by atoms with van der Waals surface area (Å²) in [6.45, 7) is 4.52. The summed E-state index contributed by atoms with van der Waals surface area (Å²) >= 11 is 5.99. The zero-order valence-electron chi connectivity index (χ0n) is 13.6. The van der Waals surface area contributed by atoms with E-state index < -0.39 is 17.8 Å². The Labute approximate surface area is 144 Å². The summed E-state index contributed by atoms with van der Waals surface area (Å²) in [5.41, 5.74) is 5.21. The van der Waals surface area contributed by atoms with Crippen LogP contribution in [-0.2, 0) is 17.8 Å². The lowest BCUT2D eigenvalue weighted by Crippen LogP contribution is -2.14. The Morgan fingerprint density at radius 1 is 1.50 bits per heavy atom. The SMILES string of the molecule is CCCCn1nc(CC(N)=O)nc1C(C)Oc1ccc(F)cc1Cl. The summed E-state index contributed by atoms with van der Waals surface area (Å²) in [6, 6.07) is 3.92. The van der Waals surface area contributed by atoms with Crippen molar-refractivity contribution in [2.75, 3.05) is 0 Å². The summed E-state index contributed by atoms with van der Waals surface area (Å²) in [5, 5.41) is 4.50. The van der Waals surface area contributed by atoms with Crippen molar-refractivity contribution in [2.24, 2.45) is 5.73 Å². The molecule has 1 amide bonds. The molecule has 24 heavy (non-hydrogen) atoms. The van der Waals surface area contributed by atoms with E-state index in [1.165, 1.54) is 18.2 Å². The van der Waals surface area contributed by atoms with Gasteiger partial charge in [-0.25, -0.2) is 14.1 Å². The Kier molecular flexibility index (Phi) is 6.14. The number of hydrogen-bond acceptors (Lipinski definition) is 4. The Morgan fingerprint density at radius 3 is 2.88 bits per heavy atom. The first-order chi connectivity index (χ1) is 11.4. The van der Waals surface area contributed by atoms with Crippen LogP contribution in [0.2, 0.25) is 5.02 Å². The third-order valence-electron chi connectivity index (χ3n) is 3.36. The second-order valence-corrected chi connectivity index (χ2v) is 5.85. The lowest BCUT2D eigenvalue weighted by Gasteiger charge is -2.16. The van der Waals surface area contributed by atoms with Crippen molar-refractivity contribution in [1.82, 2.24) is 14.8 Å². The monoisotopic (exact) mass is 354 g/mol. The topological polar surface area (TPSA) is 83.0 Å². The average Bonchev–Trinajstić information content (AvgIpc) is 2.90. The number of amides is 1. The number of halogens is 2. The van der Waals surface area contributed by atoms with Crippen molar-refractivity contribution < 1.29 is 13.9 Å². The molecule has 0 saturated heterocycles. The number of ether oxygens (including phenoxy) is 1. The number of carbonyl (C=O) groups excluding carboxylic acids is 1. The van der Waals surface area contributed by atoms with Crippen LogP contribution in [-0.4, -0.2) is 20.7 Å². The molecule has 0 radical (unpaired) electrons. The first-order valence-electron chi connectivity index (χ1n) is 7.74. The number of primary amides is 1. The third kappa shape index (κ3) is 4.67. The van der Waals surface area contributed by atoms with Gasteiger partial charge < -0.3 is 10.5 Å². The number of nitrogens with zero attached hydrogens (tertiary/aromatic N) is 3. The average molecular weight is 355 g/mol. The third-order valence-corrected chi connectivity index (χ3v) is 3.66. The summed E-state index contributed by atoms with van der Waals surface area (Å²) < 4.78 is 20.6. The molecular formula is C16H20ClFN4O2. The van der Waals surface area contributed by atoms with Gasteiger partial charge in [0.05, 0.1) is 11.4 Å². The first-order valence-corrected chi connectivity index (χ1v) is 8.12. The van der Waals surface area contributed by atoms with Crippen LogP contribution in [0.25, 0.3) is 0 Å². The van der Waals surface area contributed by atoms with E-state index in [9.17, 15) is 9.18 Å². The predicted octanol–water partition coefficient (Wildman–Crippen LogP) is 3.04. The minimum Gasteiger partial charge on any atom is -0.481 e. The maximum absolute atomic E-state index is 13.1. The molecular weight excluding hydrogens is 335 g/mol. The molecule has 8 heteroatoms. The minimum atomic E-state index is -0.496. The van der Waals surface area contributed by atoms with Gasteiger partial charge in [-0.2, -0.15) is 5.10 Å². The molecule has 1 atom stereocenters. The minimum absolute atomic E-state index is 0.0316. The van der Waals surface area contributed by atoms with E-state index in [0.717, 1.165) is 12.8 Å². The van der Waals surface area contributed by atoms with Crippen LogP contribution in [0, 0.1) is 5.82 Å². The zero-order chi connectivity index (χ0) is 17.7. The van der Waals surface area contributed by atoms with Crippen LogP contribution in [0.15, 0.2) is 18.2 Å². The Balaban J connectivity index is 2.23. The molecule has 1 heterocycles. The lowest BCUT2D eigenvalue weighted by atomic mass is 10.3. The van der Waals surface area contributed by atoms with E-state index >= 15 is 0 Å². The maximum Gasteiger partial charge on any atom is 0.225 e.